The quantitative estimate of drug-likeness (QED) is 0.162. The first-order valence-electron chi connectivity index (χ1n) is 14.4. The first-order valence-corrected chi connectivity index (χ1v) is 15.3. The minimum Gasteiger partial charge on any atom is -0.244 e. The van der Waals surface area contributed by atoms with E-state index in [1.165, 1.54) is 130 Å². The number of aryl methyl sites for hydroxylation is 2. The summed E-state index contributed by atoms with van der Waals surface area (Å²) >= 11 is 1.80. The lowest BCUT2D eigenvalue weighted by Gasteiger charge is -2.04. The second-order valence-corrected chi connectivity index (χ2v) is 11.2. The van der Waals surface area contributed by atoms with Gasteiger partial charge in [-0.25, -0.2) is 4.98 Å². The minimum atomic E-state index is 1.12. The average molecular weight is 490 g/mol. The van der Waals surface area contributed by atoms with Gasteiger partial charge in [0.2, 0.25) is 0 Å². The largest absolute Gasteiger partial charge is 0.244 e. The average Bonchev–Trinajstić information content (AvgIpc) is 3.39. The van der Waals surface area contributed by atoms with Gasteiger partial charge < -0.3 is 0 Å². The van der Waals surface area contributed by atoms with Gasteiger partial charge in [0.05, 0.1) is 4.88 Å². The Morgan fingerprint density at radius 2 is 0.943 bits per heavy atom. The van der Waals surface area contributed by atoms with E-state index in [1.54, 1.807) is 11.3 Å². The molecule has 0 aliphatic heterocycles. The van der Waals surface area contributed by atoms with Crippen molar-refractivity contribution in [1.29, 1.82) is 0 Å². The second kappa shape index (κ2) is 16.7. The normalized spacial score (nSPS) is 11.3. The van der Waals surface area contributed by atoms with Crippen LogP contribution in [0.25, 0.3) is 21.0 Å². The monoisotopic (exact) mass is 489 g/mol. The first-order chi connectivity index (χ1) is 17.3. The highest BCUT2D eigenvalue weighted by atomic mass is 32.1. The fraction of sp³-hybridized carbons (Fsp3) is 0.545. The minimum absolute atomic E-state index is 1.12. The molecule has 190 valence electrons. The van der Waals surface area contributed by atoms with Crippen LogP contribution in [0.15, 0.2) is 54.7 Å². The van der Waals surface area contributed by atoms with Crippen molar-refractivity contribution in [3.8, 4) is 21.0 Å². The summed E-state index contributed by atoms with van der Waals surface area (Å²) < 4.78 is 0. The number of benzene rings is 2. The van der Waals surface area contributed by atoms with Gasteiger partial charge >= 0.3 is 0 Å². The van der Waals surface area contributed by atoms with Gasteiger partial charge in [-0.1, -0.05) is 139 Å². The van der Waals surface area contributed by atoms with Crippen molar-refractivity contribution in [3.05, 3.63) is 65.9 Å². The van der Waals surface area contributed by atoms with Crippen LogP contribution >= 0.6 is 11.3 Å². The maximum atomic E-state index is 4.73. The lowest BCUT2D eigenvalue weighted by molar-refractivity contribution is 0.575. The summed E-state index contributed by atoms with van der Waals surface area (Å²) in [6, 6.07) is 18.3. The predicted molar refractivity (Wildman–Crippen MR) is 156 cm³/mol. The molecular formula is C33H47NS. The van der Waals surface area contributed by atoms with Crippen molar-refractivity contribution in [2.75, 3.05) is 0 Å². The van der Waals surface area contributed by atoms with E-state index >= 15 is 0 Å². The van der Waals surface area contributed by atoms with Crippen LogP contribution in [-0.4, -0.2) is 4.98 Å². The first kappa shape index (κ1) is 27.7. The zero-order valence-electron chi connectivity index (χ0n) is 22.4. The Morgan fingerprint density at radius 1 is 0.514 bits per heavy atom. The second-order valence-electron chi connectivity index (χ2n) is 10.2. The zero-order valence-corrected chi connectivity index (χ0v) is 23.2. The van der Waals surface area contributed by atoms with Crippen molar-refractivity contribution in [2.45, 2.75) is 117 Å². The molecule has 2 heteroatoms. The molecule has 0 N–H and O–H groups in total. The van der Waals surface area contributed by atoms with E-state index in [-0.39, 0.29) is 0 Å². The molecule has 2 aromatic carbocycles. The zero-order chi connectivity index (χ0) is 24.6. The maximum Gasteiger partial charge on any atom is 0.123 e. The number of hydrogen-bond acceptors (Lipinski definition) is 2. The Hall–Kier alpha value is -1.93. The molecule has 0 bridgehead atoms. The summed E-state index contributed by atoms with van der Waals surface area (Å²) in [5.41, 5.74) is 5.44. The van der Waals surface area contributed by atoms with Crippen molar-refractivity contribution in [2.24, 2.45) is 0 Å². The van der Waals surface area contributed by atoms with Crippen LogP contribution in [0.2, 0.25) is 0 Å². The van der Waals surface area contributed by atoms with Crippen LogP contribution in [0.4, 0.5) is 0 Å². The molecule has 0 radical (unpaired) electrons. The third-order valence-electron chi connectivity index (χ3n) is 7.08. The van der Waals surface area contributed by atoms with Gasteiger partial charge in [-0.15, -0.1) is 11.3 Å². The maximum absolute atomic E-state index is 4.73. The molecule has 0 atom stereocenters. The SMILES string of the molecule is CCCCCCCCCCc1ccc(-c2cnc(-c3ccc(CCCCCCCC)cc3)s2)cc1. The molecule has 35 heavy (non-hydrogen) atoms. The molecule has 3 aromatic rings. The van der Waals surface area contributed by atoms with Gasteiger partial charge in [0.15, 0.2) is 0 Å². The smallest absolute Gasteiger partial charge is 0.123 e. The summed E-state index contributed by atoms with van der Waals surface area (Å²) in [7, 11) is 0. The number of thiazole rings is 1. The van der Waals surface area contributed by atoms with E-state index in [0.717, 1.165) is 5.01 Å². The Balaban J connectivity index is 1.41. The summed E-state index contributed by atoms with van der Waals surface area (Å²) in [6.07, 6.45) is 23.6. The molecule has 0 saturated heterocycles. The molecule has 0 aliphatic carbocycles. The number of nitrogens with zero attached hydrogens (tertiary/aromatic N) is 1. The van der Waals surface area contributed by atoms with Crippen LogP contribution < -0.4 is 0 Å². The van der Waals surface area contributed by atoms with E-state index in [0.29, 0.717) is 0 Å². The molecule has 1 aromatic heterocycles. The summed E-state index contributed by atoms with van der Waals surface area (Å²) in [4.78, 5) is 5.99. The number of hydrogen-bond donors (Lipinski definition) is 0. The van der Waals surface area contributed by atoms with Gasteiger partial charge in [-0.05, 0) is 42.4 Å². The van der Waals surface area contributed by atoms with Crippen molar-refractivity contribution >= 4 is 11.3 Å². The molecule has 1 nitrogen and oxygen atoms in total. The van der Waals surface area contributed by atoms with Crippen LogP contribution in [0.1, 0.15) is 115 Å². The molecule has 0 aliphatic rings. The van der Waals surface area contributed by atoms with Crippen LogP contribution in [0.3, 0.4) is 0 Å². The third kappa shape index (κ3) is 10.3. The van der Waals surface area contributed by atoms with Crippen LogP contribution in [-0.2, 0) is 12.8 Å². The van der Waals surface area contributed by atoms with E-state index in [4.69, 9.17) is 4.98 Å². The van der Waals surface area contributed by atoms with E-state index in [9.17, 15) is 0 Å². The van der Waals surface area contributed by atoms with Gasteiger partial charge in [0, 0.05) is 11.8 Å². The van der Waals surface area contributed by atoms with Gasteiger partial charge in [-0.2, -0.15) is 0 Å². The van der Waals surface area contributed by atoms with Gasteiger partial charge in [-0.3, -0.25) is 0 Å². The van der Waals surface area contributed by atoms with Gasteiger partial charge in [0.1, 0.15) is 5.01 Å². The van der Waals surface area contributed by atoms with Crippen molar-refractivity contribution in [1.82, 2.24) is 4.98 Å². The molecule has 1 heterocycles. The van der Waals surface area contributed by atoms with E-state index < -0.39 is 0 Å². The Labute approximate surface area is 219 Å². The predicted octanol–water partition coefficient (Wildman–Crippen LogP) is 11.1. The van der Waals surface area contributed by atoms with Crippen molar-refractivity contribution < 1.29 is 0 Å². The van der Waals surface area contributed by atoms with E-state index in [1.807, 2.05) is 6.20 Å². The van der Waals surface area contributed by atoms with Crippen molar-refractivity contribution in [3.63, 3.8) is 0 Å². The molecule has 0 saturated carbocycles. The Morgan fingerprint density at radius 3 is 1.43 bits per heavy atom. The highest BCUT2D eigenvalue weighted by Crippen LogP contribution is 2.32. The Kier molecular flexibility index (Phi) is 13.2. The lowest BCUT2D eigenvalue weighted by atomic mass is 10.0. The topological polar surface area (TPSA) is 12.9 Å². The van der Waals surface area contributed by atoms with Gasteiger partial charge in [0.25, 0.3) is 0 Å². The number of rotatable bonds is 18. The molecule has 3 rings (SSSR count). The fourth-order valence-electron chi connectivity index (χ4n) is 4.76. The molecule has 0 unspecified atom stereocenters. The Bertz CT molecular complexity index is 922. The number of unbranched alkanes of at least 4 members (excludes halogenated alkanes) is 12. The van der Waals surface area contributed by atoms with Crippen LogP contribution in [0, 0.1) is 0 Å². The highest BCUT2D eigenvalue weighted by molar-refractivity contribution is 7.18. The van der Waals surface area contributed by atoms with E-state index in [2.05, 4.69) is 62.4 Å². The van der Waals surface area contributed by atoms with Crippen LogP contribution in [0.5, 0.6) is 0 Å². The number of aromatic nitrogens is 1. The lowest BCUT2D eigenvalue weighted by Crippen LogP contribution is -1.87. The fourth-order valence-corrected chi connectivity index (χ4v) is 5.69. The molecule has 0 fully saturated rings. The third-order valence-corrected chi connectivity index (χ3v) is 8.18. The molecule has 0 amide bonds. The summed E-state index contributed by atoms with van der Waals surface area (Å²) in [5, 5.41) is 1.12. The standard InChI is InChI=1S/C33H47NS/c1-3-5-7-9-11-12-14-16-17-28-19-23-30(24-20-28)32-27-34-33(35-32)31-25-21-29(22-26-31)18-15-13-10-8-6-4-2/h19-27H,3-18H2,1-2H3. The molecular weight excluding hydrogens is 442 g/mol. The summed E-state index contributed by atoms with van der Waals surface area (Å²) in [5.74, 6) is 0. The highest BCUT2D eigenvalue weighted by Gasteiger charge is 2.07. The molecule has 0 spiro atoms. The summed E-state index contributed by atoms with van der Waals surface area (Å²) in [6.45, 7) is 4.57.